The molecule has 4 heterocycles. The Labute approximate surface area is 203 Å². The highest BCUT2D eigenvalue weighted by atomic mass is 32.1. The van der Waals surface area contributed by atoms with E-state index >= 15 is 0 Å². The number of carbonyl (C=O) groups excluding carboxylic acids is 3. The summed E-state index contributed by atoms with van der Waals surface area (Å²) >= 11 is 1.18. The Morgan fingerprint density at radius 3 is 2.83 bits per heavy atom. The zero-order valence-electron chi connectivity index (χ0n) is 18.8. The van der Waals surface area contributed by atoms with Gasteiger partial charge >= 0.3 is 0 Å². The summed E-state index contributed by atoms with van der Waals surface area (Å²) in [6.45, 7) is 1.20. The lowest BCUT2D eigenvalue weighted by Crippen LogP contribution is -2.29. The molecule has 1 aliphatic rings. The van der Waals surface area contributed by atoms with E-state index in [0.717, 1.165) is 12.8 Å². The second-order valence-corrected chi connectivity index (χ2v) is 9.04. The number of hydrogen-bond donors (Lipinski definition) is 1. The van der Waals surface area contributed by atoms with Gasteiger partial charge < -0.3 is 14.2 Å². The maximum Gasteiger partial charge on any atom is 0.300 e. The minimum atomic E-state index is -0.923. The fraction of sp³-hybridized carbons (Fsp3) is 0.250. The van der Waals surface area contributed by atoms with E-state index in [1.165, 1.54) is 36.3 Å². The number of fused-ring (bicyclic) bond motifs is 1. The zero-order valence-corrected chi connectivity index (χ0v) is 19.6. The van der Waals surface area contributed by atoms with Gasteiger partial charge in [-0.25, -0.2) is 4.98 Å². The summed E-state index contributed by atoms with van der Waals surface area (Å²) in [6, 6.07) is 11.6. The van der Waals surface area contributed by atoms with Crippen LogP contribution in [0.4, 0.5) is 5.13 Å². The lowest BCUT2D eigenvalue weighted by atomic mass is 9.99. The number of pyridine rings is 1. The van der Waals surface area contributed by atoms with Gasteiger partial charge in [0.25, 0.3) is 23.3 Å². The van der Waals surface area contributed by atoms with Crippen LogP contribution in [0.3, 0.4) is 0 Å². The van der Waals surface area contributed by atoms with Crippen molar-refractivity contribution in [2.45, 2.75) is 12.8 Å². The predicted molar refractivity (Wildman–Crippen MR) is 128 cm³/mol. The summed E-state index contributed by atoms with van der Waals surface area (Å²) < 4.78 is 10.5. The van der Waals surface area contributed by atoms with Crippen molar-refractivity contribution in [1.29, 1.82) is 0 Å². The largest absolute Gasteiger partial charge is 0.480 e. The Hall–Kier alpha value is -4.12. The summed E-state index contributed by atoms with van der Waals surface area (Å²) in [7, 11) is 1.40. The molecule has 2 amide bonds. The minimum Gasteiger partial charge on any atom is -0.480 e. The molecule has 0 aliphatic carbocycles. The van der Waals surface area contributed by atoms with Crippen LogP contribution in [0.15, 0.2) is 52.5 Å². The minimum absolute atomic E-state index is 0.00725. The van der Waals surface area contributed by atoms with Crippen LogP contribution < -0.4 is 10.1 Å². The van der Waals surface area contributed by atoms with E-state index < -0.39 is 11.7 Å². The van der Waals surface area contributed by atoms with Gasteiger partial charge in [0.1, 0.15) is 5.56 Å². The predicted octanol–water partition coefficient (Wildman–Crippen LogP) is 3.21. The van der Waals surface area contributed by atoms with Crippen LogP contribution in [0.25, 0.3) is 11.1 Å². The van der Waals surface area contributed by atoms with Crippen LogP contribution in [0.2, 0.25) is 0 Å². The molecule has 1 N–H and O–H groups in total. The Balaban J connectivity index is 1.38. The van der Waals surface area contributed by atoms with Gasteiger partial charge in [-0.3, -0.25) is 19.7 Å². The molecule has 4 aromatic rings. The quantitative estimate of drug-likeness (QED) is 0.308. The summed E-state index contributed by atoms with van der Waals surface area (Å²) in [5.41, 5.74) is 1.17. The highest BCUT2D eigenvalue weighted by molar-refractivity contribution is 7.13. The van der Waals surface area contributed by atoms with Gasteiger partial charge in [0, 0.05) is 24.7 Å². The van der Waals surface area contributed by atoms with Gasteiger partial charge in [0.15, 0.2) is 10.8 Å². The molecule has 0 radical (unpaired) electrons. The average molecular weight is 492 g/mol. The number of ketones is 1. The van der Waals surface area contributed by atoms with Gasteiger partial charge in [-0.2, -0.15) is 4.98 Å². The molecule has 178 valence electrons. The first kappa shape index (κ1) is 22.7. The van der Waals surface area contributed by atoms with E-state index in [9.17, 15) is 14.4 Å². The molecule has 11 heteroatoms. The molecule has 1 aliphatic heterocycles. The molecule has 1 unspecified atom stereocenters. The number of benzene rings is 1. The van der Waals surface area contributed by atoms with Gasteiger partial charge in [-0.15, -0.1) is 11.3 Å². The van der Waals surface area contributed by atoms with E-state index in [0.29, 0.717) is 19.0 Å². The Morgan fingerprint density at radius 2 is 2.09 bits per heavy atom. The number of likely N-dealkylation sites (tertiary alicyclic amines) is 1. The molecule has 1 aromatic carbocycles. The van der Waals surface area contributed by atoms with Gasteiger partial charge in [-0.05, 0) is 30.4 Å². The molecule has 3 aromatic heterocycles. The maximum absolute atomic E-state index is 13.4. The summed E-state index contributed by atoms with van der Waals surface area (Å²) in [5.74, 6) is -1.70. The van der Waals surface area contributed by atoms with Gasteiger partial charge in [0.05, 0.1) is 12.5 Å². The number of methoxy groups -OCH3 is 1. The number of ether oxygens (including phenoxy) is 1. The van der Waals surface area contributed by atoms with Crippen molar-refractivity contribution in [3.05, 3.63) is 64.8 Å². The molecule has 1 atom stereocenters. The standard InChI is InChI=1S/C24H21N5O5S/c1-33-21-17(23(32)29-9-7-15(13-29)11-14-5-3-2-4-6-14)12-16-18(28-34-22(16)27-21)19(30)20(31)26-24-25-8-10-35-24/h2-6,8,10,12,15H,7,9,11,13H2,1H3,(H,25,26,31). The number of Topliss-reactive ketones (excluding diaryl/α,β-unsaturated/α-hetero) is 1. The first-order valence-corrected chi connectivity index (χ1v) is 11.8. The van der Waals surface area contributed by atoms with E-state index in [2.05, 4.69) is 32.6 Å². The fourth-order valence-electron chi connectivity index (χ4n) is 4.18. The van der Waals surface area contributed by atoms with Crippen LogP contribution >= 0.6 is 11.3 Å². The van der Waals surface area contributed by atoms with Crippen LogP contribution in [-0.4, -0.2) is 57.8 Å². The number of thiazole rings is 1. The molecule has 10 nitrogen and oxygen atoms in total. The molecule has 0 saturated carbocycles. The number of carbonyl (C=O) groups is 3. The van der Waals surface area contributed by atoms with Crippen LogP contribution in [0.5, 0.6) is 5.88 Å². The number of amides is 2. The molecule has 35 heavy (non-hydrogen) atoms. The molecule has 1 fully saturated rings. The summed E-state index contributed by atoms with van der Waals surface area (Å²) in [6.07, 6.45) is 3.28. The summed E-state index contributed by atoms with van der Waals surface area (Å²) in [4.78, 5) is 48.4. The van der Waals surface area contributed by atoms with E-state index in [1.54, 1.807) is 10.3 Å². The topological polar surface area (TPSA) is 128 Å². The SMILES string of the molecule is COc1nc2onc(C(=O)C(=O)Nc3nccs3)c2cc1C(=O)N1CCC(Cc2ccccc2)C1. The van der Waals surface area contributed by atoms with Crippen molar-refractivity contribution in [3.8, 4) is 5.88 Å². The summed E-state index contributed by atoms with van der Waals surface area (Å²) in [5, 5.41) is 8.27. The number of nitrogens with zero attached hydrogens (tertiary/aromatic N) is 4. The Morgan fingerprint density at radius 1 is 1.26 bits per heavy atom. The number of aromatic nitrogens is 3. The molecule has 1 saturated heterocycles. The van der Waals surface area contributed by atoms with E-state index in [4.69, 9.17) is 9.26 Å². The number of rotatable bonds is 7. The fourth-order valence-corrected chi connectivity index (χ4v) is 4.70. The smallest absolute Gasteiger partial charge is 0.300 e. The maximum atomic E-state index is 13.4. The molecule has 0 spiro atoms. The van der Waals surface area contributed by atoms with Crippen molar-refractivity contribution in [1.82, 2.24) is 20.0 Å². The molecule has 0 bridgehead atoms. The highest BCUT2D eigenvalue weighted by Crippen LogP contribution is 2.29. The number of hydrogen-bond acceptors (Lipinski definition) is 9. The second kappa shape index (κ2) is 9.63. The number of nitrogens with one attached hydrogen (secondary N) is 1. The number of anilines is 1. The zero-order chi connectivity index (χ0) is 24.4. The molecule has 5 rings (SSSR count). The Kier molecular flexibility index (Phi) is 6.23. The third-order valence-corrected chi connectivity index (χ3v) is 6.56. The van der Waals surface area contributed by atoms with Crippen molar-refractivity contribution in [2.75, 3.05) is 25.5 Å². The molecular weight excluding hydrogens is 470 g/mol. The van der Waals surface area contributed by atoms with Gasteiger partial charge in [0.2, 0.25) is 5.88 Å². The third-order valence-electron chi connectivity index (χ3n) is 5.87. The Bertz CT molecular complexity index is 1390. The van der Waals surface area contributed by atoms with Crippen molar-refractivity contribution in [3.63, 3.8) is 0 Å². The van der Waals surface area contributed by atoms with E-state index in [-0.39, 0.29) is 39.3 Å². The van der Waals surface area contributed by atoms with E-state index in [1.807, 2.05) is 18.2 Å². The van der Waals surface area contributed by atoms with Crippen LogP contribution in [0.1, 0.15) is 32.8 Å². The first-order chi connectivity index (χ1) is 17.0. The third kappa shape index (κ3) is 4.62. The second-order valence-electron chi connectivity index (χ2n) is 8.15. The normalized spacial score (nSPS) is 15.3. The molecular formula is C24H21N5O5S. The van der Waals surface area contributed by atoms with Crippen molar-refractivity contribution < 1.29 is 23.6 Å². The van der Waals surface area contributed by atoms with Crippen molar-refractivity contribution in [2.24, 2.45) is 5.92 Å². The van der Waals surface area contributed by atoms with Crippen molar-refractivity contribution >= 4 is 45.2 Å². The monoisotopic (exact) mass is 491 g/mol. The van der Waals surface area contributed by atoms with Crippen LogP contribution in [0, 0.1) is 5.92 Å². The highest BCUT2D eigenvalue weighted by Gasteiger charge is 2.31. The van der Waals surface area contributed by atoms with Gasteiger partial charge in [-0.1, -0.05) is 35.5 Å². The first-order valence-electron chi connectivity index (χ1n) is 11.0. The lowest BCUT2D eigenvalue weighted by molar-refractivity contribution is -0.112. The lowest BCUT2D eigenvalue weighted by Gasteiger charge is -2.18. The average Bonchev–Trinajstić information content (AvgIpc) is 3.64. The van der Waals surface area contributed by atoms with Crippen LogP contribution in [-0.2, 0) is 11.2 Å².